The fourth-order valence-corrected chi connectivity index (χ4v) is 2.03. The molecule has 2 rings (SSSR count). The van der Waals surface area contributed by atoms with Crippen molar-refractivity contribution in [2.75, 3.05) is 25.1 Å². The highest BCUT2D eigenvalue weighted by Crippen LogP contribution is 2.17. The number of hydrogen-bond donors (Lipinski definition) is 1. The molecule has 1 aromatic carbocycles. The highest BCUT2D eigenvalue weighted by atomic mass is 16.5. The highest BCUT2D eigenvalue weighted by molar-refractivity contribution is 5.78. The van der Waals surface area contributed by atoms with Crippen LogP contribution in [-0.2, 0) is 11.8 Å². The maximum absolute atomic E-state index is 5.53. The second kappa shape index (κ2) is 7.14. The Bertz CT molecular complexity index is 507. The summed E-state index contributed by atoms with van der Waals surface area (Å²) in [7, 11) is 2.04. The number of nitrogens with one attached hydrogen (secondary N) is 1. The first-order chi connectivity index (χ1) is 9.33. The fraction of sp³-hybridized carbons (Fsp3) is 0.533. The number of benzene rings is 1. The molecule has 0 amide bonds. The van der Waals surface area contributed by atoms with Gasteiger partial charge in [-0.25, -0.2) is 4.98 Å². The minimum Gasteiger partial charge on any atom is -0.381 e. The van der Waals surface area contributed by atoms with Gasteiger partial charge in [0, 0.05) is 26.8 Å². The van der Waals surface area contributed by atoms with E-state index in [0.717, 1.165) is 49.6 Å². The lowest BCUT2D eigenvalue weighted by atomic mass is 10.3. The van der Waals surface area contributed by atoms with Crippen molar-refractivity contribution in [1.82, 2.24) is 9.55 Å². The maximum atomic E-state index is 5.53. The molecule has 0 spiro atoms. The van der Waals surface area contributed by atoms with E-state index >= 15 is 0 Å². The van der Waals surface area contributed by atoms with Gasteiger partial charge in [0.15, 0.2) is 0 Å². The van der Waals surface area contributed by atoms with Crippen molar-refractivity contribution in [2.24, 2.45) is 7.05 Å². The van der Waals surface area contributed by atoms with Gasteiger partial charge in [0.25, 0.3) is 0 Å². The molecule has 0 saturated heterocycles. The number of fused-ring (bicyclic) bond motifs is 1. The van der Waals surface area contributed by atoms with E-state index in [1.807, 2.05) is 25.2 Å². The van der Waals surface area contributed by atoms with Crippen LogP contribution in [0.3, 0.4) is 0 Å². The molecule has 0 bridgehead atoms. The second-order valence-corrected chi connectivity index (χ2v) is 4.73. The van der Waals surface area contributed by atoms with Gasteiger partial charge < -0.3 is 14.6 Å². The molecule has 0 unspecified atom stereocenters. The Morgan fingerprint density at radius 3 is 2.79 bits per heavy atom. The van der Waals surface area contributed by atoms with Crippen LogP contribution in [0.15, 0.2) is 24.3 Å². The summed E-state index contributed by atoms with van der Waals surface area (Å²) >= 11 is 0. The summed E-state index contributed by atoms with van der Waals surface area (Å²) in [5, 5.41) is 3.37. The van der Waals surface area contributed by atoms with Crippen molar-refractivity contribution < 1.29 is 4.74 Å². The van der Waals surface area contributed by atoms with Crippen molar-refractivity contribution in [3.63, 3.8) is 0 Å². The van der Waals surface area contributed by atoms with Gasteiger partial charge in [0.2, 0.25) is 5.95 Å². The minimum atomic E-state index is 0.816. The Hall–Kier alpha value is -1.55. The highest BCUT2D eigenvalue weighted by Gasteiger charge is 2.05. The average molecular weight is 261 g/mol. The normalized spacial score (nSPS) is 11.1. The summed E-state index contributed by atoms with van der Waals surface area (Å²) in [4.78, 5) is 4.57. The van der Waals surface area contributed by atoms with Crippen LogP contribution in [0.25, 0.3) is 11.0 Å². The molecular weight excluding hydrogens is 238 g/mol. The molecule has 2 aromatic rings. The molecule has 0 radical (unpaired) electrons. The number of anilines is 1. The Kier molecular flexibility index (Phi) is 5.21. The number of para-hydroxylation sites is 2. The van der Waals surface area contributed by atoms with Crippen molar-refractivity contribution in [1.29, 1.82) is 0 Å². The van der Waals surface area contributed by atoms with Crippen LogP contribution in [0.5, 0.6) is 0 Å². The predicted molar refractivity (Wildman–Crippen MR) is 79.5 cm³/mol. The van der Waals surface area contributed by atoms with Crippen LogP contribution in [-0.4, -0.2) is 29.3 Å². The third kappa shape index (κ3) is 3.70. The van der Waals surface area contributed by atoms with Gasteiger partial charge >= 0.3 is 0 Å². The van der Waals surface area contributed by atoms with Crippen LogP contribution in [0, 0.1) is 0 Å². The van der Waals surface area contributed by atoms with Crippen LogP contribution in [0.1, 0.15) is 26.2 Å². The van der Waals surface area contributed by atoms with Gasteiger partial charge in [-0.3, -0.25) is 0 Å². The quantitative estimate of drug-likeness (QED) is 0.742. The molecule has 4 nitrogen and oxygen atoms in total. The van der Waals surface area contributed by atoms with Crippen LogP contribution < -0.4 is 5.32 Å². The number of imidazole rings is 1. The molecule has 1 aromatic heterocycles. The van der Waals surface area contributed by atoms with E-state index in [1.165, 1.54) is 6.42 Å². The van der Waals surface area contributed by atoms with E-state index in [9.17, 15) is 0 Å². The zero-order valence-electron chi connectivity index (χ0n) is 11.9. The molecule has 0 aliphatic carbocycles. The first-order valence-electron chi connectivity index (χ1n) is 7.06. The molecule has 4 heteroatoms. The third-order valence-electron chi connectivity index (χ3n) is 3.18. The third-order valence-corrected chi connectivity index (χ3v) is 3.18. The van der Waals surface area contributed by atoms with Gasteiger partial charge in [0.05, 0.1) is 11.0 Å². The lowest BCUT2D eigenvalue weighted by molar-refractivity contribution is 0.131. The second-order valence-electron chi connectivity index (χ2n) is 4.73. The van der Waals surface area contributed by atoms with Crippen LogP contribution >= 0.6 is 0 Å². The fourth-order valence-electron chi connectivity index (χ4n) is 2.03. The summed E-state index contributed by atoms with van der Waals surface area (Å²) in [5.41, 5.74) is 2.19. The summed E-state index contributed by atoms with van der Waals surface area (Å²) in [6.45, 7) is 4.76. The minimum absolute atomic E-state index is 0.816. The summed E-state index contributed by atoms with van der Waals surface area (Å²) in [6, 6.07) is 8.17. The Labute approximate surface area is 114 Å². The van der Waals surface area contributed by atoms with Crippen molar-refractivity contribution in [3.05, 3.63) is 24.3 Å². The van der Waals surface area contributed by atoms with E-state index in [1.54, 1.807) is 0 Å². The largest absolute Gasteiger partial charge is 0.381 e. The first-order valence-corrected chi connectivity index (χ1v) is 7.06. The molecule has 0 aliphatic heterocycles. The molecular formula is C15H23N3O. The maximum Gasteiger partial charge on any atom is 0.203 e. The predicted octanol–water partition coefficient (Wildman–Crippen LogP) is 3.19. The molecule has 1 N–H and O–H groups in total. The Balaban J connectivity index is 1.77. The standard InChI is InChI=1S/C15H23N3O/c1-3-4-11-19-12-7-10-16-15-17-13-8-5-6-9-14(13)18(15)2/h5-6,8-9H,3-4,7,10-12H2,1-2H3,(H,16,17). The van der Waals surface area contributed by atoms with Gasteiger partial charge in [-0.1, -0.05) is 25.5 Å². The van der Waals surface area contributed by atoms with Gasteiger partial charge in [-0.05, 0) is 25.0 Å². The summed E-state index contributed by atoms with van der Waals surface area (Å²) in [5.74, 6) is 0.926. The van der Waals surface area contributed by atoms with Crippen molar-refractivity contribution >= 4 is 17.0 Å². The van der Waals surface area contributed by atoms with Crippen LogP contribution in [0.4, 0.5) is 5.95 Å². The lowest BCUT2D eigenvalue weighted by Gasteiger charge is -2.06. The SMILES string of the molecule is CCCCOCCCNc1nc2ccccc2n1C. The summed E-state index contributed by atoms with van der Waals surface area (Å²) in [6.07, 6.45) is 3.35. The van der Waals surface area contributed by atoms with Gasteiger partial charge in [-0.15, -0.1) is 0 Å². The van der Waals surface area contributed by atoms with E-state index < -0.39 is 0 Å². The monoisotopic (exact) mass is 261 g/mol. The van der Waals surface area contributed by atoms with E-state index in [-0.39, 0.29) is 0 Å². The molecule has 0 aliphatic rings. The number of aryl methyl sites for hydroxylation is 1. The zero-order valence-corrected chi connectivity index (χ0v) is 11.9. The number of ether oxygens (including phenoxy) is 1. The topological polar surface area (TPSA) is 39.1 Å². The Morgan fingerprint density at radius 1 is 1.21 bits per heavy atom. The molecule has 0 fully saturated rings. The number of nitrogens with zero attached hydrogens (tertiary/aromatic N) is 2. The summed E-state index contributed by atoms with van der Waals surface area (Å²) < 4.78 is 7.62. The van der Waals surface area contributed by atoms with E-state index in [2.05, 4.69) is 27.9 Å². The zero-order chi connectivity index (χ0) is 13.5. The van der Waals surface area contributed by atoms with Gasteiger partial charge in [0.1, 0.15) is 0 Å². The van der Waals surface area contributed by atoms with Crippen molar-refractivity contribution in [2.45, 2.75) is 26.2 Å². The van der Waals surface area contributed by atoms with Crippen LogP contribution in [0.2, 0.25) is 0 Å². The molecule has 1 heterocycles. The van der Waals surface area contributed by atoms with Crippen molar-refractivity contribution in [3.8, 4) is 0 Å². The molecule has 104 valence electrons. The first kappa shape index (κ1) is 13.9. The molecule has 0 atom stereocenters. The van der Waals surface area contributed by atoms with E-state index in [0.29, 0.717) is 0 Å². The number of hydrogen-bond acceptors (Lipinski definition) is 3. The molecule has 19 heavy (non-hydrogen) atoms. The number of rotatable bonds is 8. The average Bonchev–Trinajstić information content (AvgIpc) is 2.75. The number of unbranched alkanes of at least 4 members (excludes halogenated alkanes) is 1. The number of aromatic nitrogens is 2. The lowest BCUT2D eigenvalue weighted by Crippen LogP contribution is -2.09. The van der Waals surface area contributed by atoms with Gasteiger partial charge in [-0.2, -0.15) is 0 Å². The van der Waals surface area contributed by atoms with E-state index in [4.69, 9.17) is 4.74 Å². The molecule has 0 saturated carbocycles. The Morgan fingerprint density at radius 2 is 2.00 bits per heavy atom. The smallest absolute Gasteiger partial charge is 0.203 e.